The fourth-order valence-corrected chi connectivity index (χ4v) is 4.11. The Morgan fingerprint density at radius 3 is 2.74 bits per heavy atom. The van der Waals surface area contributed by atoms with E-state index >= 15 is 0 Å². The van der Waals surface area contributed by atoms with Gasteiger partial charge in [-0.05, 0) is 30.0 Å². The highest BCUT2D eigenvalue weighted by molar-refractivity contribution is 6.31. The maximum absolute atomic E-state index is 9.45. The Kier molecular flexibility index (Phi) is 3.83. The summed E-state index contributed by atoms with van der Waals surface area (Å²) in [5.74, 6) is 0.330. The molecule has 4 heteroatoms. The highest BCUT2D eigenvalue weighted by Gasteiger charge is 2.41. The molecule has 2 atom stereocenters. The number of aliphatic hydroxyl groups is 1. The van der Waals surface area contributed by atoms with Crippen molar-refractivity contribution in [2.45, 2.75) is 18.9 Å². The van der Waals surface area contributed by atoms with Crippen LogP contribution in [-0.2, 0) is 6.42 Å². The van der Waals surface area contributed by atoms with E-state index in [-0.39, 0.29) is 12.6 Å². The van der Waals surface area contributed by atoms with Crippen LogP contribution in [0.2, 0.25) is 5.02 Å². The average Bonchev–Trinajstić information content (AvgIpc) is 2.94. The number of hydrogen-bond donors (Lipinski definition) is 1. The molecule has 0 fully saturated rings. The first-order valence-corrected chi connectivity index (χ1v) is 8.46. The zero-order chi connectivity index (χ0) is 15.8. The highest BCUT2D eigenvalue weighted by Crippen LogP contribution is 2.44. The monoisotopic (exact) mass is 326 g/mol. The smallest absolute Gasteiger partial charge is 0.0820 e. The number of hydrazone groups is 1. The topological polar surface area (TPSA) is 35.8 Å². The lowest BCUT2D eigenvalue weighted by molar-refractivity contribution is 0.152. The Bertz CT molecular complexity index is 759. The molecule has 118 valence electrons. The summed E-state index contributed by atoms with van der Waals surface area (Å²) in [6.07, 6.45) is 2.13. The molecule has 23 heavy (non-hydrogen) atoms. The van der Waals surface area contributed by atoms with E-state index in [0.717, 1.165) is 29.1 Å². The van der Waals surface area contributed by atoms with Gasteiger partial charge in [0, 0.05) is 16.5 Å². The Morgan fingerprint density at radius 1 is 1.13 bits per heavy atom. The molecule has 4 rings (SSSR count). The van der Waals surface area contributed by atoms with E-state index in [1.54, 1.807) is 0 Å². The summed E-state index contributed by atoms with van der Waals surface area (Å²) in [7, 11) is 0. The number of benzene rings is 2. The first-order valence-electron chi connectivity index (χ1n) is 8.08. The van der Waals surface area contributed by atoms with Crippen molar-refractivity contribution >= 4 is 17.3 Å². The van der Waals surface area contributed by atoms with Crippen molar-refractivity contribution in [2.75, 3.05) is 13.2 Å². The molecule has 1 heterocycles. The maximum Gasteiger partial charge on any atom is 0.0820 e. The van der Waals surface area contributed by atoms with Crippen molar-refractivity contribution in [3.05, 3.63) is 70.2 Å². The number of aliphatic hydroxyl groups excluding tert-OH is 1. The van der Waals surface area contributed by atoms with Crippen LogP contribution in [0.3, 0.4) is 0 Å². The van der Waals surface area contributed by atoms with Crippen molar-refractivity contribution < 1.29 is 5.11 Å². The first-order chi connectivity index (χ1) is 11.3. The maximum atomic E-state index is 9.45. The van der Waals surface area contributed by atoms with Gasteiger partial charge >= 0.3 is 0 Å². The van der Waals surface area contributed by atoms with Gasteiger partial charge in [-0.25, -0.2) is 0 Å². The molecule has 0 unspecified atom stereocenters. The molecule has 2 aromatic carbocycles. The predicted octanol–water partition coefficient (Wildman–Crippen LogP) is 3.66. The van der Waals surface area contributed by atoms with Gasteiger partial charge in [0.25, 0.3) is 0 Å². The number of rotatable bonds is 3. The largest absolute Gasteiger partial charge is 0.394 e. The Labute approximate surface area is 141 Å². The van der Waals surface area contributed by atoms with E-state index in [1.807, 2.05) is 23.2 Å². The summed E-state index contributed by atoms with van der Waals surface area (Å²) >= 11 is 6.46. The van der Waals surface area contributed by atoms with Crippen molar-refractivity contribution in [3.8, 4) is 0 Å². The lowest BCUT2D eigenvalue weighted by atomic mass is 9.77. The fourth-order valence-electron chi connectivity index (χ4n) is 3.86. The molecular weight excluding hydrogens is 308 g/mol. The van der Waals surface area contributed by atoms with Gasteiger partial charge in [-0.3, -0.25) is 5.01 Å². The van der Waals surface area contributed by atoms with Crippen LogP contribution in [0.4, 0.5) is 0 Å². The summed E-state index contributed by atoms with van der Waals surface area (Å²) in [6, 6.07) is 16.6. The minimum Gasteiger partial charge on any atom is -0.394 e. The van der Waals surface area contributed by atoms with Crippen molar-refractivity contribution in [1.82, 2.24) is 5.01 Å². The summed E-state index contributed by atoms with van der Waals surface area (Å²) in [5, 5.41) is 17.1. The van der Waals surface area contributed by atoms with Gasteiger partial charge in [-0.15, -0.1) is 0 Å². The predicted molar refractivity (Wildman–Crippen MR) is 92.8 cm³/mol. The van der Waals surface area contributed by atoms with Gasteiger partial charge in [0.1, 0.15) is 0 Å². The van der Waals surface area contributed by atoms with Gasteiger partial charge in [-0.1, -0.05) is 54.1 Å². The third-order valence-corrected chi connectivity index (χ3v) is 5.20. The molecule has 0 aromatic heterocycles. The van der Waals surface area contributed by atoms with Gasteiger partial charge in [-0.2, -0.15) is 5.10 Å². The Balaban J connectivity index is 1.79. The molecular formula is C19H19ClN2O. The van der Waals surface area contributed by atoms with E-state index in [0.29, 0.717) is 12.5 Å². The number of hydrogen-bond acceptors (Lipinski definition) is 3. The normalized spacial score (nSPS) is 22.5. The van der Waals surface area contributed by atoms with Gasteiger partial charge < -0.3 is 5.11 Å². The van der Waals surface area contributed by atoms with E-state index in [4.69, 9.17) is 16.7 Å². The lowest BCUT2D eigenvalue weighted by Crippen LogP contribution is -2.30. The van der Waals surface area contributed by atoms with Gasteiger partial charge in [0.05, 0.1) is 24.9 Å². The lowest BCUT2D eigenvalue weighted by Gasteiger charge is -2.30. The zero-order valence-electron chi connectivity index (χ0n) is 12.8. The second kappa shape index (κ2) is 5.99. The third-order valence-electron chi connectivity index (χ3n) is 4.86. The summed E-state index contributed by atoms with van der Waals surface area (Å²) < 4.78 is 0. The molecule has 0 saturated carbocycles. The fraction of sp³-hybridized carbons (Fsp3) is 0.316. The molecule has 0 bridgehead atoms. The van der Waals surface area contributed by atoms with Crippen LogP contribution in [0.5, 0.6) is 0 Å². The molecule has 1 aliphatic carbocycles. The van der Waals surface area contributed by atoms with E-state index < -0.39 is 0 Å². The standard InChI is InChI=1S/C19H19ClN2O/c20-17-8-4-3-7-15(17)19-16-10-9-13-5-1-2-6-14(13)18(16)21-22(19)11-12-23/h1-8,16,19,23H,9-12H2/t16-,19-/m1/s1. The minimum atomic E-state index is 0.0894. The number of fused-ring (bicyclic) bond motifs is 3. The summed E-state index contributed by atoms with van der Waals surface area (Å²) in [4.78, 5) is 0. The average molecular weight is 327 g/mol. The van der Waals surface area contributed by atoms with E-state index in [2.05, 4.69) is 30.3 Å². The van der Waals surface area contributed by atoms with Crippen LogP contribution in [0.1, 0.15) is 29.2 Å². The zero-order valence-corrected chi connectivity index (χ0v) is 13.6. The van der Waals surface area contributed by atoms with Gasteiger partial charge in [0.15, 0.2) is 0 Å². The molecule has 0 saturated heterocycles. The number of β-amino-alcohol motifs (C(OH)–C–C–N with tert-alkyl or cyclic N) is 1. The van der Waals surface area contributed by atoms with Crippen molar-refractivity contribution in [3.63, 3.8) is 0 Å². The minimum absolute atomic E-state index is 0.0894. The molecule has 0 spiro atoms. The van der Waals surface area contributed by atoms with Crippen LogP contribution in [0, 0.1) is 5.92 Å². The Hall–Kier alpha value is -1.84. The molecule has 3 nitrogen and oxygen atoms in total. The van der Waals surface area contributed by atoms with Crippen LogP contribution in [0.15, 0.2) is 53.6 Å². The third kappa shape index (κ3) is 2.44. The van der Waals surface area contributed by atoms with Gasteiger partial charge in [0.2, 0.25) is 0 Å². The van der Waals surface area contributed by atoms with Crippen molar-refractivity contribution in [1.29, 1.82) is 0 Å². The van der Waals surface area contributed by atoms with E-state index in [9.17, 15) is 5.11 Å². The molecule has 1 aliphatic heterocycles. The van der Waals surface area contributed by atoms with Crippen molar-refractivity contribution in [2.24, 2.45) is 11.0 Å². The quantitative estimate of drug-likeness (QED) is 0.934. The molecule has 1 N–H and O–H groups in total. The van der Waals surface area contributed by atoms with Crippen LogP contribution in [-0.4, -0.2) is 29.0 Å². The highest BCUT2D eigenvalue weighted by atomic mass is 35.5. The first kappa shape index (κ1) is 14.7. The molecule has 0 amide bonds. The number of aryl methyl sites for hydroxylation is 1. The number of nitrogens with zero attached hydrogens (tertiary/aromatic N) is 2. The van der Waals surface area contributed by atoms with Crippen LogP contribution >= 0.6 is 11.6 Å². The van der Waals surface area contributed by atoms with Crippen LogP contribution in [0.25, 0.3) is 0 Å². The summed E-state index contributed by atoms with van der Waals surface area (Å²) in [6.45, 7) is 0.615. The Morgan fingerprint density at radius 2 is 1.91 bits per heavy atom. The molecule has 2 aliphatic rings. The number of halogens is 1. The summed E-state index contributed by atoms with van der Waals surface area (Å²) in [5.41, 5.74) is 4.86. The molecule has 2 aromatic rings. The van der Waals surface area contributed by atoms with E-state index in [1.165, 1.54) is 11.1 Å². The van der Waals surface area contributed by atoms with Crippen LogP contribution < -0.4 is 0 Å². The second-order valence-corrected chi connectivity index (χ2v) is 6.55. The second-order valence-electron chi connectivity index (χ2n) is 6.14. The molecule has 0 radical (unpaired) electrons. The SMILES string of the molecule is OCCN1N=C2c3ccccc3CC[C@H]2[C@H]1c1ccccc1Cl.